The third-order valence-corrected chi connectivity index (χ3v) is 5.75. The van der Waals surface area contributed by atoms with Gasteiger partial charge in [-0.3, -0.25) is 0 Å². The van der Waals surface area contributed by atoms with Crippen molar-refractivity contribution in [3.8, 4) is 6.07 Å². The molecule has 1 atom stereocenters. The third-order valence-electron chi connectivity index (χ3n) is 5.75. The Hall–Kier alpha value is -3.04. The Morgan fingerprint density at radius 3 is 2.43 bits per heavy atom. The second-order valence-corrected chi connectivity index (χ2v) is 7.68. The lowest BCUT2D eigenvalue weighted by Crippen LogP contribution is -2.43. The van der Waals surface area contributed by atoms with Crippen LogP contribution in [0, 0.1) is 11.3 Å². The van der Waals surface area contributed by atoms with Gasteiger partial charge >= 0.3 is 5.97 Å². The van der Waals surface area contributed by atoms with Gasteiger partial charge in [0.15, 0.2) is 5.54 Å². The Balaban J connectivity index is 1.98. The van der Waals surface area contributed by atoms with E-state index in [-0.39, 0.29) is 0 Å². The van der Waals surface area contributed by atoms with Gasteiger partial charge in [-0.1, -0.05) is 19.9 Å². The highest BCUT2D eigenvalue weighted by Gasteiger charge is 2.39. The molecule has 0 amide bonds. The largest absolute Gasteiger partial charge is 0.479 e. The zero-order valence-corrected chi connectivity index (χ0v) is 17.6. The number of carboxylic acid groups (broad SMARTS) is 1. The molecule has 6 nitrogen and oxygen atoms in total. The van der Waals surface area contributed by atoms with Gasteiger partial charge in [-0.05, 0) is 73.2 Å². The molecule has 0 saturated carbocycles. The summed E-state index contributed by atoms with van der Waals surface area (Å²) < 4.78 is 5.44. The Bertz CT molecular complexity index is 914. The van der Waals surface area contributed by atoms with Gasteiger partial charge in [-0.15, -0.1) is 0 Å². The van der Waals surface area contributed by atoms with Gasteiger partial charge in [0.25, 0.3) is 0 Å². The van der Waals surface area contributed by atoms with Gasteiger partial charge in [0.2, 0.25) is 0 Å². The number of rotatable bonds is 8. The van der Waals surface area contributed by atoms with Crippen LogP contribution in [0.2, 0.25) is 0 Å². The summed E-state index contributed by atoms with van der Waals surface area (Å²) in [6.45, 7) is 5.42. The van der Waals surface area contributed by atoms with Crippen molar-refractivity contribution in [3.05, 3.63) is 59.2 Å². The van der Waals surface area contributed by atoms with Crippen molar-refractivity contribution in [2.75, 3.05) is 23.8 Å². The second-order valence-electron chi connectivity index (χ2n) is 7.68. The second kappa shape index (κ2) is 9.64. The van der Waals surface area contributed by atoms with Crippen LogP contribution >= 0.6 is 0 Å². The first-order chi connectivity index (χ1) is 14.5. The van der Waals surface area contributed by atoms with E-state index in [1.165, 1.54) is 0 Å². The van der Waals surface area contributed by atoms with Crippen molar-refractivity contribution in [2.45, 2.75) is 51.1 Å². The molecule has 0 spiro atoms. The number of carboxylic acids is 1. The van der Waals surface area contributed by atoms with Crippen LogP contribution in [0.25, 0.3) is 0 Å². The molecule has 0 bridgehead atoms. The topological polar surface area (TPSA) is 94.4 Å². The molecule has 1 aliphatic rings. The van der Waals surface area contributed by atoms with E-state index in [4.69, 9.17) is 10.00 Å². The van der Waals surface area contributed by atoms with E-state index >= 15 is 0 Å². The van der Waals surface area contributed by atoms with Crippen LogP contribution in [-0.2, 0) is 21.5 Å². The van der Waals surface area contributed by atoms with E-state index in [0.29, 0.717) is 23.7 Å². The first-order valence-corrected chi connectivity index (χ1v) is 10.5. The molecular weight excluding hydrogens is 378 g/mol. The molecule has 158 valence electrons. The zero-order chi connectivity index (χ0) is 21.6. The normalized spacial score (nSPS) is 16.3. The first kappa shape index (κ1) is 21.7. The van der Waals surface area contributed by atoms with E-state index in [1.54, 1.807) is 24.3 Å². The Labute approximate surface area is 177 Å². The van der Waals surface area contributed by atoms with Crippen LogP contribution in [0.5, 0.6) is 0 Å². The van der Waals surface area contributed by atoms with Crippen molar-refractivity contribution in [1.82, 2.24) is 0 Å². The van der Waals surface area contributed by atoms with E-state index < -0.39 is 11.5 Å². The van der Waals surface area contributed by atoms with E-state index in [2.05, 4.69) is 29.7 Å². The van der Waals surface area contributed by atoms with Gasteiger partial charge in [0, 0.05) is 30.6 Å². The summed E-state index contributed by atoms with van der Waals surface area (Å²) in [6, 6.07) is 15.3. The van der Waals surface area contributed by atoms with E-state index in [9.17, 15) is 9.90 Å². The lowest BCUT2D eigenvalue weighted by molar-refractivity contribution is -0.142. The lowest BCUT2D eigenvalue weighted by atomic mass is 9.85. The van der Waals surface area contributed by atoms with E-state index in [0.717, 1.165) is 49.3 Å². The van der Waals surface area contributed by atoms with Crippen LogP contribution < -0.4 is 10.6 Å². The summed E-state index contributed by atoms with van der Waals surface area (Å²) in [6.07, 6.45) is 3.05. The SMILES string of the molecule is CCc1cc(NC2CCOCC2)cc(C(CC)(Nc2ccc(C#N)cc2)C(=O)O)c1. The van der Waals surface area contributed by atoms with Crippen LogP contribution in [0.4, 0.5) is 11.4 Å². The number of hydrogen-bond acceptors (Lipinski definition) is 5. The van der Waals surface area contributed by atoms with Crippen molar-refractivity contribution in [2.24, 2.45) is 0 Å². The number of carbonyl (C=O) groups is 1. The molecule has 6 heteroatoms. The van der Waals surface area contributed by atoms with Crippen LogP contribution in [0.15, 0.2) is 42.5 Å². The van der Waals surface area contributed by atoms with E-state index in [1.807, 2.05) is 19.1 Å². The fourth-order valence-electron chi connectivity index (χ4n) is 3.87. The summed E-state index contributed by atoms with van der Waals surface area (Å²) in [5, 5.41) is 26.1. The third kappa shape index (κ3) is 4.74. The highest BCUT2D eigenvalue weighted by molar-refractivity contribution is 5.85. The average molecular weight is 408 g/mol. The average Bonchev–Trinajstić information content (AvgIpc) is 2.78. The molecule has 1 unspecified atom stereocenters. The van der Waals surface area contributed by atoms with Crippen molar-refractivity contribution in [3.63, 3.8) is 0 Å². The number of ether oxygens (including phenoxy) is 1. The van der Waals surface area contributed by atoms with Gasteiger partial charge < -0.3 is 20.5 Å². The smallest absolute Gasteiger partial charge is 0.334 e. The minimum absolute atomic E-state index is 0.325. The quantitative estimate of drug-likeness (QED) is 0.596. The number of hydrogen-bond donors (Lipinski definition) is 3. The maximum atomic E-state index is 12.5. The number of aryl methyl sites for hydroxylation is 1. The highest BCUT2D eigenvalue weighted by atomic mass is 16.5. The number of benzene rings is 2. The number of nitrogens with one attached hydrogen (secondary N) is 2. The molecule has 1 saturated heterocycles. The summed E-state index contributed by atoms with van der Waals surface area (Å²) in [7, 11) is 0. The Kier molecular flexibility index (Phi) is 6.96. The zero-order valence-electron chi connectivity index (χ0n) is 17.6. The fraction of sp³-hybridized carbons (Fsp3) is 0.417. The Morgan fingerprint density at radius 1 is 1.17 bits per heavy atom. The molecular formula is C24H29N3O3. The summed E-state index contributed by atoms with van der Waals surface area (Å²) in [4.78, 5) is 12.5. The maximum Gasteiger partial charge on any atom is 0.334 e. The van der Waals surface area contributed by atoms with Crippen molar-refractivity contribution < 1.29 is 14.6 Å². The Morgan fingerprint density at radius 2 is 1.87 bits per heavy atom. The summed E-state index contributed by atoms with van der Waals surface area (Å²) in [5.41, 5.74) is 2.68. The molecule has 1 aliphatic heterocycles. The minimum atomic E-state index is -1.27. The lowest BCUT2D eigenvalue weighted by Gasteiger charge is -2.32. The molecule has 0 aliphatic carbocycles. The van der Waals surface area contributed by atoms with Gasteiger partial charge in [0.1, 0.15) is 0 Å². The van der Waals surface area contributed by atoms with Crippen LogP contribution in [0.3, 0.4) is 0 Å². The molecule has 3 N–H and O–H groups in total. The molecule has 2 aromatic rings. The molecule has 1 fully saturated rings. The van der Waals surface area contributed by atoms with Crippen molar-refractivity contribution in [1.29, 1.82) is 5.26 Å². The van der Waals surface area contributed by atoms with Gasteiger partial charge in [-0.25, -0.2) is 4.79 Å². The standard InChI is InChI=1S/C24H29N3O3/c1-3-17-13-19(15-22(14-17)26-20-9-11-30-12-10-20)24(4-2,23(28)29)27-21-7-5-18(16-25)6-8-21/h5-8,13-15,20,26-27H,3-4,9-12H2,1-2H3,(H,28,29). The number of nitriles is 1. The monoisotopic (exact) mass is 407 g/mol. The highest BCUT2D eigenvalue weighted by Crippen LogP contribution is 2.34. The minimum Gasteiger partial charge on any atom is -0.479 e. The van der Waals surface area contributed by atoms with Crippen LogP contribution in [-0.4, -0.2) is 30.3 Å². The fourth-order valence-corrected chi connectivity index (χ4v) is 3.87. The first-order valence-electron chi connectivity index (χ1n) is 10.5. The number of anilines is 2. The maximum absolute atomic E-state index is 12.5. The van der Waals surface area contributed by atoms with Crippen molar-refractivity contribution >= 4 is 17.3 Å². The predicted octanol–water partition coefficient (Wildman–Crippen LogP) is 4.51. The number of aliphatic carboxylic acids is 1. The predicted molar refractivity (Wildman–Crippen MR) is 118 cm³/mol. The number of nitrogens with zero attached hydrogens (tertiary/aromatic N) is 1. The van der Waals surface area contributed by atoms with Crippen LogP contribution in [0.1, 0.15) is 49.8 Å². The molecule has 0 radical (unpaired) electrons. The molecule has 1 heterocycles. The van der Waals surface area contributed by atoms with Gasteiger partial charge in [-0.2, -0.15) is 5.26 Å². The molecule has 0 aromatic heterocycles. The van der Waals surface area contributed by atoms with Gasteiger partial charge in [0.05, 0.1) is 11.6 Å². The summed E-state index contributed by atoms with van der Waals surface area (Å²) in [5.74, 6) is -0.931. The molecule has 3 rings (SSSR count). The molecule has 2 aromatic carbocycles. The molecule has 30 heavy (non-hydrogen) atoms. The summed E-state index contributed by atoms with van der Waals surface area (Å²) >= 11 is 0.